The van der Waals surface area contributed by atoms with Gasteiger partial charge in [-0.05, 0) is 47.9 Å². The number of unbranched alkanes of at least 4 members (excludes halogenated alkanes) is 2. The average Bonchev–Trinajstić information content (AvgIpc) is 3.31. The third-order valence-electron chi connectivity index (χ3n) is 5.71. The number of fused-ring (bicyclic) bond motifs is 1. The number of aliphatic hydroxyl groups excluding tert-OH is 1. The Morgan fingerprint density at radius 2 is 1.90 bits per heavy atom. The molecule has 4 rings (SSSR count). The van der Waals surface area contributed by atoms with E-state index < -0.39 is 17.7 Å². The van der Waals surface area contributed by atoms with Crippen molar-refractivity contribution in [3.8, 4) is 11.5 Å². The molecule has 0 spiro atoms. The highest BCUT2D eigenvalue weighted by molar-refractivity contribution is 6.46. The topological polar surface area (TPSA) is 87.1 Å². The summed E-state index contributed by atoms with van der Waals surface area (Å²) < 4.78 is 5.52. The number of aliphatic hydroxyl groups is 1. The van der Waals surface area contributed by atoms with Crippen molar-refractivity contribution < 1.29 is 24.5 Å². The van der Waals surface area contributed by atoms with Gasteiger partial charge in [-0.15, -0.1) is 0 Å². The van der Waals surface area contributed by atoms with E-state index in [1.165, 1.54) is 17.0 Å². The standard InChI is InChI=1S/C24H25NO5/c1-2-3-4-12-25-21(15-5-8-18(26)9-6-15)20(23(28)24(25)29)22(27)17-7-10-19-16(14-17)11-13-30-19/h5-10,14,21,26-27H,2-4,11-13H2,1H3/b22-20-. The van der Waals surface area contributed by atoms with Gasteiger partial charge in [0.15, 0.2) is 0 Å². The molecule has 1 fully saturated rings. The molecular formula is C24H25NO5. The number of aromatic hydroxyl groups is 1. The van der Waals surface area contributed by atoms with E-state index in [9.17, 15) is 19.8 Å². The molecule has 0 bridgehead atoms. The van der Waals surface area contributed by atoms with Crippen LogP contribution in [0.25, 0.3) is 5.76 Å². The molecule has 2 aromatic rings. The van der Waals surface area contributed by atoms with Gasteiger partial charge < -0.3 is 19.8 Å². The summed E-state index contributed by atoms with van der Waals surface area (Å²) in [5, 5.41) is 20.8. The van der Waals surface area contributed by atoms with Crippen LogP contribution in [0.4, 0.5) is 0 Å². The van der Waals surface area contributed by atoms with Gasteiger partial charge in [-0.25, -0.2) is 0 Å². The molecular weight excluding hydrogens is 382 g/mol. The second-order valence-corrected chi connectivity index (χ2v) is 7.71. The first-order chi connectivity index (χ1) is 14.5. The third-order valence-corrected chi connectivity index (χ3v) is 5.71. The number of hydrogen-bond acceptors (Lipinski definition) is 5. The van der Waals surface area contributed by atoms with Gasteiger partial charge in [0.2, 0.25) is 0 Å². The number of phenols is 1. The van der Waals surface area contributed by atoms with Crippen molar-refractivity contribution in [2.75, 3.05) is 13.2 Å². The molecule has 156 valence electrons. The number of carbonyl (C=O) groups excluding carboxylic acids is 2. The molecule has 0 radical (unpaired) electrons. The van der Waals surface area contributed by atoms with E-state index in [0.717, 1.165) is 37.0 Å². The van der Waals surface area contributed by atoms with Crippen LogP contribution in [0.5, 0.6) is 11.5 Å². The van der Waals surface area contributed by atoms with Gasteiger partial charge in [0.05, 0.1) is 18.2 Å². The Morgan fingerprint density at radius 1 is 1.13 bits per heavy atom. The summed E-state index contributed by atoms with van der Waals surface area (Å²) in [4.78, 5) is 27.3. The van der Waals surface area contributed by atoms with Crippen LogP contribution in [0.15, 0.2) is 48.0 Å². The van der Waals surface area contributed by atoms with E-state index in [-0.39, 0.29) is 17.1 Å². The molecule has 1 unspecified atom stereocenters. The number of nitrogens with zero attached hydrogens (tertiary/aromatic N) is 1. The number of ether oxygens (including phenoxy) is 1. The summed E-state index contributed by atoms with van der Waals surface area (Å²) in [5.74, 6) is -0.588. The van der Waals surface area contributed by atoms with Gasteiger partial charge in [0.25, 0.3) is 11.7 Å². The molecule has 1 amide bonds. The largest absolute Gasteiger partial charge is 0.508 e. The minimum atomic E-state index is -0.688. The van der Waals surface area contributed by atoms with Crippen LogP contribution in [0.3, 0.4) is 0 Å². The molecule has 2 N–H and O–H groups in total. The first-order valence-corrected chi connectivity index (χ1v) is 10.3. The molecule has 6 nitrogen and oxygen atoms in total. The number of rotatable bonds is 6. The lowest BCUT2D eigenvalue weighted by Gasteiger charge is -2.25. The number of Topliss-reactive ketones (excluding diaryl/α,β-unsaturated/α-hetero) is 1. The molecule has 6 heteroatoms. The summed E-state index contributed by atoms with van der Waals surface area (Å²) in [6.07, 6.45) is 3.44. The van der Waals surface area contributed by atoms with Crippen LogP contribution < -0.4 is 4.74 Å². The van der Waals surface area contributed by atoms with Crippen molar-refractivity contribution in [3.63, 3.8) is 0 Å². The molecule has 1 atom stereocenters. The molecule has 0 aromatic heterocycles. The van der Waals surface area contributed by atoms with Gasteiger partial charge in [-0.2, -0.15) is 0 Å². The Labute approximate surface area is 175 Å². The number of likely N-dealkylation sites (tertiary alicyclic amines) is 1. The summed E-state index contributed by atoms with van der Waals surface area (Å²) in [6.45, 7) is 3.09. The van der Waals surface area contributed by atoms with Crippen molar-refractivity contribution in [2.24, 2.45) is 0 Å². The fourth-order valence-corrected chi connectivity index (χ4v) is 4.14. The lowest BCUT2D eigenvalue weighted by Crippen LogP contribution is -2.30. The monoisotopic (exact) mass is 407 g/mol. The van der Waals surface area contributed by atoms with Crippen LogP contribution in [-0.4, -0.2) is 40.0 Å². The number of phenolic OH excluding ortho intramolecular Hbond substituents is 1. The summed E-state index contributed by atoms with van der Waals surface area (Å²) >= 11 is 0. The molecule has 2 heterocycles. The number of hydrogen-bond donors (Lipinski definition) is 2. The van der Waals surface area contributed by atoms with Crippen molar-refractivity contribution in [1.29, 1.82) is 0 Å². The lowest BCUT2D eigenvalue weighted by atomic mass is 9.94. The van der Waals surface area contributed by atoms with Gasteiger partial charge in [0, 0.05) is 18.5 Å². The Kier molecular flexibility index (Phi) is 5.48. The zero-order chi connectivity index (χ0) is 21.3. The van der Waals surface area contributed by atoms with Crippen LogP contribution >= 0.6 is 0 Å². The normalized spacial score (nSPS) is 19.8. The van der Waals surface area contributed by atoms with Crippen molar-refractivity contribution in [3.05, 3.63) is 64.7 Å². The van der Waals surface area contributed by atoms with E-state index in [2.05, 4.69) is 6.92 Å². The minimum absolute atomic E-state index is 0.0843. The Bertz CT molecular complexity index is 1010. The van der Waals surface area contributed by atoms with E-state index in [1.807, 2.05) is 6.07 Å². The van der Waals surface area contributed by atoms with Crippen LogP contribution in [0.2, 0.25) is 0 Å². The zero-order valence-corrected chi connectivity index (χ0v) is 16.9. The number of amides is 1. The maximum Gasteiger partial charge on any atom is 0.295 e. The van der Waals surface area contributed by atoms with Crippen LogP contribution in [0, 0.1) is 0 Å². The van der Waals surface area contributed by atoms with Gasteiger partial charge >= 0.3 is 0 Å². The van der Waals surface area contributed by atoms with Gasteiger partial charge in [-0.1, -0.05) is 31.9 Å². The maximum atomic E-state index is 13.0. The summed E-state index contributed by atoms with van der Waals surface area (Å²) in [7, 11) is 0. The second-order valence-electron chi connectivity index (χ2n) is 7.71. The van der Waals surface area contributed by atoms with Crippen molar-refractivity contribution >= 4 is 17.4 Å². The van der Waals surface area contributed by atoms with Crippen LogP contribution in [-0.2, 0) is 16.0 Å². The molecule has 2 aromatic carbocycles. The van der Waals surface area contributed by atoms with Crippen molar-refractivity contribution in [2.45, 2.75) is 38.6 Å². The van der Waals surface area contributed by atoms with E-state index >= 15 is 0 Å². The first kappa shape index (κ1) is 20.0. The van der Waals surface area contributed by atoms with Gasteiger partial charge in [0.1, 0.15) is 17.3 Å². The smallest absolute Gasteiger partial charge is 0.295 e. The second kappa shape index (κ2) is 8.22. The molecule has 30 heavy (non-hydrogen) atoms. The zero-order valence-electron chi connectivity index (χ0n) is 16.9. The molecule has 0 saturated carbocycles. The highest BCUT2D eigenvalue weighted by Crippen LogP contribution is 2.40. The fourth-order valence-electron chi connectivity index (χ4n) is 4.14. The predicted molar refractivity (Wildman–Crippen MR) is 112 cm³/mol. The minimum Gasteiger partial charge on any atom is -0.508 e. The molecule has 2 aliphatic heterocycles. The van der Waals surface area contributed by atoms with E-state index in [4.69, 9.17) is 4.74 Å². The Hall–Kier alpha value is -3.28. The summed E-state index contributed by atoms with van der Waals surface area (Å²) in [6, 6.07) is 11.0. The Balaban J connectivity index is 1.80. The number of carbonyl (C=O) groups is 2. The summed E-state index contributed by atoms with van der Waals surface area (Å²) in [5.41, 5.74) is 2.22. The maximum absolute atomic E-state index is 13.0. The number of benzene rings is 2. The van der Waals surface area contributed by atoms with Gasteiger partial charge in [-0.3, -0.25) is 9.59 Å². The quantitative estimate of drug-likeness (QED) is 0.328. The lowest BCUT2D eigenvalue weighted by molar-refractivity contribution is -0.139. The third kappa shape index (κ3) is 3.54. The Morgan fingerprint density at radius 3 is 2.63 bits per heavy atom. The predicted octanol–water partition coefficient (Wildman–Crippen LogP) is 3.94. The molecule has 0 aliphatic carbocycles. The highest BCUT2D eigenvalue weighted by Gasteiger charge is 2.45. The number of ketones is 1. The SMILES string of the molecule is CCCCCN1C(=O)C(=O)/C(=C(\O)c2ccc3c(c2)CCO3)C1c1ccc(O)cc1. The fraction of sp³-hybridized carbons (Fsp3) is 0.333. The van der Waals surface area contributed by atoms with Crippen molar-refractivity contribution in [1.82, 2.24) is 4.90 Å². The van der Waals surface area contributed by atoms with E-state index in [1.54, 1.807) is 24.3 Å². The average molecular weight is 407 g/mol. The molecule has 2 aliphatic rings. The van der Waals surface area contributed by atoms with E-state index in [0.29, 0.717) is 24.3 Å². The molecule has 1 saturated heterocycles. The highest BCUT2D eigenvalue weighted by atomic mass is 16.5. The van der Waals surface area contributed by atoms with Crippen LogP contribution in [0.1, 0.15) is 48.9 Å². The first-order valence-electron chi connectivity index (χ1n) is 10.3.